The largest absolute Gasteiger partial charge is 0.455 e. The highest BCUT2D eigenvalue weighted by atomic mass is 79.9. The maximum absolute atomic E-state index is 15.4. The molecule has 3 fully saturated rings. The topological polar surface area (TPSA) is 135 Å². The maximum Gasteiger partial charge on any atom is 0.313 e. The molecule has 2 N–H and O–H groups in total. The molecule has 5 rings (SSSR count). The average molecular weight is 837 g/mol. The average Bonchev–Trinajstić information content (AvgIpc) is 3.75. The van der Waals surface area contributed by atoms with E-state index in [1.54, 1.807) is 29.2 Å². The summed E-state index contributed by atoms with van der Waals surface area (Å²) >= 11 is 3.78. The minimum absolute atomic E-state index is 0.0354. The number of fused-ring (bicyclic) bond motifs is 1. The summed E-state index contributed by atoms with van der Waals surface area (Å²) in [5.41, 5.74) is -0.981. The lowest BCUT2D eigenvalue weighted by molar-refractivity contribution is -0.163. The van der Waals surface area contributed by atoms with Gasteiger partial charge in [0.15, 0.2) is 0 Å². The van der Waals surface area contributed by atoms with Crippen LogP contribution in [0.1, 0.15) is 83.6 Å². The van der Waals surface area contributed by atoms with Crippen molar-refractivity contribution < 1.29 is 38.5 Å². The number of nitrogens with zero attached hydrogens (tertiary/aromatic N) is 2. The zero-order valence-corrected chi connectivity index (χ0v) is 35.1. The summed E-state index contributed by atoms with van der Waals surface area (Å²) in [4.78, 5) is 61.3. The molecule has 1 unspecified atom stereocenters. The number of benzene rings is 2. The Balaban J connectivity index is 1.61. The molecule has 0 aliphatic carbocycles. The van der Waals surface area contributed by atoms with Crippen LogP contribution in [0.25, 0.3) is 0 Å². The lowest BCUT2D eigenvalue weighted by atomic mass is 9.70. The van der Waals surface area contributed by atoms with E-state index in [0.717, 1.165) is 0 Å². The van der Waals surface area contributed by atoms with Gasteiger partial charge in [-0.2, -0.15) is 0 Å². The number of esters is 1. The molecular weight excluding hydrogens is 778 g/mol. The van der Waals surface area contributed by atoms with E-state index < -0.39 is 76.6 Å². The van der Waals surface area contributed by atoms with E-state index in [-0.39, 0.29) is 43.2 Å². The van der Waals surface area contributed by atoms with Gasteiger partial charge in [0.2, 0.25) is 17.7 Å². The van der Waals surface area contributed by atoms with Gasteiger partial charge in [0, 0.05) is 30.4 Å². The molecule has 0 radical (unpaired) electrons. The van der Waals surface area contributed by atoms with E-state index in [9.17, 15) is 14.7 Å². The summed E-state index contributed by atoms with van der Waals surface area (Å²) < 4.78 is 18.8. The maximum atomic E-state index is 15.4. The van der Waals surface area contributed by atoms with Gasteiger partial charge in [0.05, 0.1) is 43.2 Å². The van der Waals surface area contributed by atoms with Crippen molar-refractivity contribution >= 4 is 39.6 Å². The first-order valence-corrected chi connectivity index (χ1v) is 20.3. The van der Waals surface area contributed by atoms with Crippen LogP contribution < -0.4 is 5.32 Å². The smallest absolute Gasteiger partial charge is 0.313 e. The predicted molar refractivity (Wildman–Crippen MR) is 217 cm³/mol. The molecule has 2 bridgehead atoms. The number of hydrogen-bond acceptors (Lipinski definition) is 8. The van der Waals surface area contributed by atoms with E-state index in [0.29, 0.717) is 24.0 Å². The van der Waals surface area contributed by atoms with Crippen LogP contribution in [0, 0.1) is 17.3 Å². The molecule has 11 nitrogen and oxygen atoms in total. The van der Waals surface area contributed by atoms with Crippen molar-refractivity contribution in [1.29, 1.82) is 0 Å². The number of aliphatic hydroxyl groups excluding tert-OH is 1. The van der Waals surface area contributed by atoms with Crippen LogP contribution in [0.15, 0.2) is 86.0 Å². The summed E-state index contributed by atoms with van der Waals surface area (Å²) in [6.07, 6.45) is 3.12. The van der Waals surface area contributed by atoms with Gasteiger partial charge in [0.1, 0.15) is 17.7 Å². The monoisotopic (exact) mass is 835 g/mol. The molecule has 2 aromatic rings. The quantitative estimate of drug-likeness (QED) is 0.105. The number of alkyl halides is 1. The Hall–Kier alpha value is -3.84. The molecular formula is C44H58BrN3O8. The van der Waals surface area contributed by atoms with Gasteiger partial charge in [-0.1, -0.05) is 110 Å². The number of allylic oxidation sites excluding steroid dienone is 1. The van der Waals surface area contributed by atoms with Gasteiger partial charge in [0.25, 0.3) is 0 Å². The Morgan fingerprint density at radius 3 is 2.23 bits per heavy atom. The van der Waals surface area contributed by atoms with Crippen molar-refractivity contribution in [1.82, 2.24) is 15.1 Å². The van der Waals surface area contributed by atoms with Gasteiger partial charge < -0.3 is 34.4 Å². The molecule has 0 saturated carbocycles. The number of hydrogen-bond donors (Lipinski definition) is 2. The highest BCUT2D eigenvalue weighted by Gasteiger charge is 2.78. The third kappa shape index (κ3) is 8.68. The number of likely N-dealkylation sites (tertiary alicyclic amines) is 1. The van der Waals surface area contributed by atoms with Crippen LogP contribution in [-0.2, 0) is 33.4 Å². The van der Waals surface area contributed by atoms with Crippen LogP contribution in [0.4, 0.5) is 0 Å². The Bertz CT molecular complexity index is 1730. The van der Waals surface area contributed by atoms with E-state index in [4.69, 9.17) is 14.2 Å². The third-order valence-electron chi connectivity index (χ3n) is 11.2. The fourth-order valence-electron chi connectivity index (χ4n) is 9.41. The van der Waals surface area contributed by atoms with Gasteiger partial charge in [-0.15, -0.1) is 13.2 Å². The Morgan fingerprint density at radius 2 is 1.68 bits per heavy atom. The Kier molecular flexibility index (Phi) is 13.7. The van der Waals surface area contributed by atoms with Crippen LogP contribution >= 0.6 is 15.9 Å². The van der Waals surface area contributed by atoms with Crippen molar-refractivity contribution in [3.63, 3.8) is 0 Å². The van der Waals surface area contributed by atoms with Crippen LogP contribution in [0.3, 0.4) is 0 Å². The first-order valence-electron chi connectivity index (χ1n) is 19.4. The zero-order chi connectivity index (χ0) is 41.0. The number of ether oxygens (including phenoxy) is 3. The second-order valence-corrected chi connectivity index (χ2v) is 18.2. The molecule has 56 heavy (non-hydrogen) atoms. The summed E-state index contributed by atoms with van der Waals surface area (Å²) in [7, 11) is 1.50. The second-order valence-electron chi connectivity index (χ2n) is 17.0. The molecule has 0 aromatic heterocycles. The Morgan fingerprint density at radius 1 is 1.05 bits per heavy atom. The lowest BCUT2D eigenvalue weighted by Crippen LogP contribution is -2.61. The SMILES string of the molecule is C=CCCC(=O)N[C@@H](COC)[C@@H](OC(=O)[C@H]1[C@@H]2O[C@@]3(CC2Br)[C@@H]1C(=O)N([C@H](CO)c1ccccc1)[C@@H]3C(=O)N(CC=C)C(C)(C)CC(C)(C)C)c1ccccc1. The fraction of sp³-hybridized carbons (Fsp3) is 0.545. The van der Waals surface area contributed by atoms with E-state index >= 15 is 9.59 Å². The number of rotatable bonds is 18. The molecule has 12 heteroatoms. The minimum Gasteiger partial charge on any atom is -0.455 e. The predicted octanol–water partition coefficient (Wildman–Crippen LogP) is 6.08. The number of methoxy groups -OCH3 is 1. The standard InChI is InChI=1S/C44H58BrN3O8/c1-9-11-22-33(50)46-31(26-54-8)36(29-20-16-13-17-21-29)55-41(53)34-35-39(51)48(32(25-49)28-18-14-12-15-19-28)38(44(35)24-30(45)37(34)56-44)40(52)47(23-10-2)43(6,7)27-42(3,4)5/h9-10,12-21,30-32,34-38,49H,1-2,11,22-27H2,3-8H3,(H,46,50)/t30?,31-,32+,34+,35-,36-,37+,38+,44-/m0/s1. The summed E-state index contributed by atoms with van der Waals surface area (Å²) in [5, 5.41) is 14.0. The van der Waals surface area contributed by atoms with Crippen LogP contribution in [-0.4, -0.2) is 99.6 Å². The molecule has 3 aliphatic heterocycles. The van der Waals surface area contributed by atoms with Crippen molar-refractivity contribution in [2.45, 2.75) is 107 Å². The van der Waals surface area contributed by atoms with Crippen molar-refractivity contribution in [3.05, 3.63) is 97.1 Å². The van der Waals surface area contributed by atoms with Gasteiger partial charge in [-0.25, -0.2) is 0 Å². The minimum atomic E-state index is -1.43. The number of amides is 3. The highest BCUT2D eigenvalue weighted by molar-refractivity contribution is 9.09. The summed E-state index contributed by atoms with van der Waals surface area (Å²) in [6.45, 7) is 17.8. The van der Waals surface area contributed by atoms with E-state index in [1.807, 2.05) is 62.4 Å². The number of nitrogens with one attached hydrogen (secondary N) is 1. The molecule has 1 spiro atoms. The second kappa shape index (κ2) is 17.7. The van der Waals surface area contributed by atoms with E-state index in [2.05, 4.69) is 55.2 Å². The van der Waals surface area contributed by atoms with Crippen LogP contribution in [0.2, 0.25) is 0 Å². The molecule has 9 atom stereocenters. The molecule has 3 aliphatic rings. The first kappa shape index (κ1) is 43.3. The number of aliphatic hydroxyl groups is 1. The number of carbonyl (C=O) groups is 4. The first-order chi connectivity index (χ1) is 26.5. The molecule has 3 amide bonds. The summed E-state index contributed by atoms with van der Waals surface area (Å²) in [6, 6.07) is 15.3. The molecule has 2 aromatic carbocycles. The normalized spacial score (nSPS) is 25.9. The molecule has 3 heterocycles. The Labute approximate surface area is 339 Å². The van der Waals surface area contributed by atoms with Crippen LogP contribution in [0.5, 0.6) is 0 Å². The number of carbonyl (C=O) groups excluding carboxylic acids is 4. The van der Waals surface area contributed by atoms with Crippen molar-refractivity contribution in [2.75, 3.05) is 26.9 Å². The van der Waals surface area contributed by atoms with Gasteiger partial charge in [-0.05, 0) is 49.7 Å². The molecule has 3 saturated heterocycles. The van der Waals surface area contributed by atoms with Gasteiger partial charge in [-0.3, -0.25) is 19.2 Å². The van der Waals surface area contributed by atoms with Gasteiger partial charge >= 0.3 is 5.97 Å². The summed E-state index contributed by atoms with van der Waals surface area (Å²) in [5.74, 6) is -3.98. The molecule has 304 valence electrons. The number of halogens is 1. The van der Waals surface area contributed by atoms with Crippen molar-refractivity contribution in [3.8, 4) is 0 Å². The van der Waals surface area contributed by atoms with E-state index in [1.165, 1.54) is 12.0 Å². The highest BCUT2D eigenvalue weighted by Crippen LogP contribution is 2.62. The third-order valence-corrected chi connectivity index (χ3v) is 12.0. The van der Waals surface area contributed by atoms with Crippen molar-refractivity contribution in [2.24, 2.45) is 17.3 Å². The fourth-order valence-corrected chi connectivity index (χ4v) is 10.4. The lowest BCUT2D eigenvalue weighted by Gasteiger charge is -2.46. The zero-order valence-electron chi connectivity index (χ0n) is 33.5.